The Labute approximate surface area is 235 Å². The molecular formula is C25H40N8O6S. The van der Waals surface area contributed by atoms with Crippen molar-refractivity contribution in [2.75, 3.05) is 31.0 Å². The van der Waals surface area contributed by atoms with E-state index in [4.69, 9.17) is 4.18 Å². The van der Waals surface area contributed by atoms with E-state index in [0.29, 0.717) is 36.1 Å². The van der Waals surface area contributed by atoms with Gasteiger partial charge in [0.1, 0.15) is 11.4 Å². The lowest BCUT2D eigenvalue weighted by Gasteiger charge is -2.28. The van der Waals surface area contributed by atoms with E-state index in [1.54, 1.807) is 32.4 Å². The summed E-state index contributed by atoms with van der Waals surface area (Å²) in [6.07, 6.45) is 9.93. The highest BCUT2D eigenvalue weighted by Gasteiger charge is 2.25. The Hall–Kier alpha value is -3.43. The number of carbonyl (C=O) groups is 2. The minimum Gasteiger partial charge on any atom is -0.393 e. The molecule has 2 saturated carbocycles. The lowest BCUT2D eigenvalue weighted by molar-refractivity contribution is 0.0950. The number of nitrogens with zero attached hydrogens (tertiary/aromatic N) is 4. The van der Waals surface area contributed by atoms with Gasteiger partial charge in [-0.3, -0.25) is 13.8 Å². The summed E-state index contributed by atoms with van der Waals surface area (Å²) >= 11 is 0. The normalized spacial score (nSPS) is 22.7. The summed E-state index contributed by atoms with van der Waals surface area (Å²) in [7, 11) is -0.296. The minimum atomic E-state index is -3.41. The zero-order valence-electron chi connectivity index (χ0n) is 23.0. The van der Waals surface area contributed by atoms with Gasteiger partial charge >= 0.3 is 0 Å². The predicted molar refractivity (Wildman–Crippen MR) is 150 cm³/mol. The fourth-order valence-electron chi connectivity index (χ4n) is 4.50. The van der Waals surface area contributed by atoms with Gasteiger partial charge in [-0.25, -0.2) is 19.9 Å². The molecule has 14 nitrogen and oxygen atoms in total. The monoisotopic (exact) mass is 580 g/mol. The Morgan fingerprint density at radius 3 is 1.65 bits per heavy atom. The fourth-order valence-corrected chi connectivity index (χ4v) is 5.19. The van der Waals surface area contributed by atoms with E-state index in [1.807, 2.05) is 0 Å². The van der Waals surface area contributed by atoms with Gasteiger partial charge in [0.2, 0.25) is 11.9 Å². The van der Waals surface area contributed by atoms with E-state index >= 15 is 0 Å². The first-order chi connectivity index (χ1) is 19.1. The van der Waals surface area contributed by atoms with Gasteiger partial charge < -0.3 is 26.4 Å². The van der Waals surface area contributed by atoms with E-state index in [1.165, 1.54) is 6.20 Å². The third-order valence-corrected chi connectivity index (χ3v) is 7.20. The summed E-state index contributed by atoms with van der Waals surface area (Å²) in [4.78, 5) is 39.5. The van der Waals surface area contributed by atoms with Crippen LogP contribution < -0.4 is 21.3 Å². The Bertz CT molecular complexity index is 1240. The van der Waals surface area contributed by atoms with Gasteiger partial charge in [-0.2, -0.15) is 8.42 Å². The molecule has 0 aromatic carbocycles. The molecule has 15 heteroatoms. The van der Waals surface area contributed by atoms with Crippen molar-refractivity contribution in [3.05, 3.63) is 35.9 Å². The van der Waals surface area contributed by atoms with Crippen molar-refractivity contribution in [1.29, 1.82) is 0 Å². The van der Waals surface area contributed by atoms with Crippen molar-refractivity contribution < 1.29 is 28.7 Å². The molecule has 0 unspecified atom stereocenters. The first kappa shape index (κ1) is 31.1. The van der Waals surface area contributed by atoms with Crippen LogP contribution in [0.1, 0.15) is 73.8 Å². The zero-order valence-corrected chi connectivity index (χ0v) is 23.8. The van der Waals surface area contributed by atoms with Gasteiger partial charge in [0.25, 0.3) is 21.9 Å². The summed E-state index contributed by atoms with van der Waals surface area (Å²) in [5, 5.41) is 20.9. The van der Waals surface area contributed by atoms with E-state index in [2.05, 4.69) is 41.2 Å². The number of anilines is 2. The van der Waals surface area contributed by atoms with Gasteiger partial charge in [-0.15, -0.1) is 0 Å². The molecular weight excluding hydrogens is 540 g/mol. The van der Waals surface area contributed by atoms with Crippen molar-refractivity contribution in [3.8, 4) is 0 Å². The lowest BCUT2D eigenvalue weighted by atomic mass is 9.93. The van der Waals surface area contributed by atoms with Crippen LogP contribution in [0.15, 0.2) is 24.5 Å². The van der Waals surface area contributed by atoms with Crippen LogP contribution in [-0.4, -0.2) is 89.9 Å². The standard InChI is InChI=1S/C13H20N4O4S.C12H18N4O2.H2/c1-14-12(18)11-7-8-15-13(17-11)16-9-3-5-10(6-4-9)21-22(2,19)20;1-13-11(18)10-6-7-14-12(16-10)15-8-2-4-9(17)5-3-8;/h7-10H,3-6H2,1-2H3,(H,14,18)(H,15,16,17);6-9,17H,2-5H2,1H3,(H,13,18)(H,14,15,16);1H. The smallest absolute Gasteiger partial charge is 0.269 e. The molecule has 0 atom stereocenters. The number of amides is 2. The molecule has 2 heterocycles. The third kappa shape index (κ3) is 10.3. The average molecular weight is 581 g/mol. The van der Waals surface area contributed by atoms with Crippen LogP contribution in [0.4, 0.5) is 11.9 Å². The van der Waals surface area contributed by atoms with Gasteiger partial charge in [-0.05, 0) is 63.5 Å². The molecule has 0 radical (unpaired) electrons. The molecule has 2 amide bonds. The number of aliphatic hydroxyl groups excluding tert-OH is 1. The minimum absolute atomic E-state index is 0. The molecule has 222 valence electrons. The second-order valence-electron chi connectivity index (χ2n) is 9.76. The van der Waals surface area contributed by atoms with Gasteiger partial charge in [0, 0.05) is 40.0 Å². The van der Waals surface area contributed by atoms with Crippen molar-refractivity contribution in [2.45, 2.75) is 75.7 Å². The molecule has 2 aliphatic rings. The summed E-state index contributed by atoms with van der Waals surface area (Å²) < 4.78 is 27.2. The number of rotatable bonds is 8. The van der Waals surface area contributed by atoms with Gasteiger partial charge in [0.05, 0.1) is 18.5 Å². The van der Waals surface area contributed by atoms with Crippen LogP contribution >= 0.6 is 0 Å². The van der Waals surface area contributed by atoms with Gasteiger partial charge in [-0.1, -0.05) is 0 Å². The molecule has 2 aliphatic carbocycles. The van der Waals surface area contributed by atoms with E-state index in [9.17, 15) is 23.1 Å². The number of hydrogen-bond donors (Lipinski definition) is 5. The maximum absolute atomic E-state index is 11.5. The van der Waals surface area contributed by atoms with Crippen molar-refractivity contribution >= 4 is 33.8 Å². The number of carbonyl (C=O) groups excluding carboxylic acids is 2. The molecule has 2 fully saturated rings. The summed E-state index contributed by atoms with van der Waals surface area (Å²) in [5.74, 6) is 0.376. The molecule has 0 spiro atoms. The second-order valence-corrected chi connectivity index (χ2v) is 11.4. The van der Waals surface area contributed by atoms with Crippen LogP contribution in [0.5, 0.6) is 0 Å². The molecule has 0 bridgehead atoms. The van der Waals surface area contributed by atoms with E-state index in [0.717, 1.165) is 44.8 Å². The zero-order chi connectivity index (χ0) is 29.1. The summed E-state index contributed by atoms with van der Waals surface area (Å²) in [5.41, 5.74) is 0.653. The maximum Gasteiger partial charge on any atom is 0.269 e. The molecule has 2 aromatic rings. The molecule has 5 N–H and O–H groups in total. The highest BCUT2D eigenvalue weighted by atomic mass is 32.2. The highest BCUT2D eigenvalue weighted by Crippen LogP contribution is 2.24. The predicted octanol–water partition coefficient (Wildman–Crippen LogP) is 1.33. The molecule has 40 heavy (non-hydrogen) atoms. The van der Waals surface area contributed by atoms with Crippen LogP contribution in [-0.2, 0) is 14.3 Å². The fraction of sp³-hybridized carbons (Fsp3) is 0.600. The van der Waals surface area contributed by atoms with Crippen LogP contribution in [0.3, 0.4) is 0 Å². The first-order valence-corrected chi connectivity index (χ1v) is 15.1. The Balaban J connectivity index is 0.000000285. The maximum atomic E-state index is 11.5. The largest absolute Gasteiger partial charge is 0.393 e. The second kappa shape index (κ2) is 14.8. The van der Waals surface area contributed by atoms with Crippen LogP contribution in [0, 0.1) is 0 Å². The summed E-state index contributed by atoms with van der Waals surface area (Å²) in [6.45, 7) is 0. The summed E-state index contributed by atoms with van der Waals surface area (Å²) in [6, 6.07) is 3.53. The van der Waals surface area contributed by atoms with E-state index < -0.39 is 10.1 Å². The molecule has 4 rings (SSSR count). The third-order valence-electron chi connectivity index (χ3n) is 6.58. The van der Waals surface area contributed by atoms with Gasteiger partial charge in [0.15, 0.2) is 0 Å². The number of hydrogen-bond acceptors (Lipinski definition) is 12. The number of aromatic nitrogens is 4. The first-order valence-electron chi connectivity index (χ1n) is 13.3. The Kier molecular flexibility index (Phi) is 11.5. The van der Waals surface area contributed by atoms with Crippen LogP contribution in [0.25, 0.3) is 0 Å². The van der Waals surface area contributed by atoms with Crippen molar-refractivity contribution in [2.24, 2.45) is 0 Å². The van der Waals surface area contributed by atoms with E-state index in [-0.39, 0.29) is 37.5 Å². The topological polar surface area (TPSA) is 197 Å². The molecule has 0 aliphatic heterocycles. The highest BCUT2D eigenvalue weighted by molar-refractivity contribution is 7.86. The van der Waals surface area contributed by atoms with Crippen molar-refractivity contribution in [1.82, 2.24) is 30.6 Å². The Morgan fingerprint density at radius 1 is 0.825 bits per heavy atom. The molecule has 2 aromatic heterocycles. The Morgan fingerprint density at radius 2 is 1.25 bits per heavy atom. The lowest BCUT2D eigenvalue weighted by Crippen LogP contribution is -2.31. The molecule has 0 saturated heterocycles. The number of aliphatic hydroxyl groups is 1. The average Bonchev–Trinajstić information content (AvgIpc) is 2.94. The van der Waals surface area contributed by atoms with Crippen LogP contribution in [0.2, 0.25) is 0 Å². The van der Waals surface area contributed by atoms with Crippen molar-refractivity contribution in [3.63, 3.8) is 0 Å². The quantitative estimate of drug-likeness (QED) is 0.281. The SMILES string of the molecule is CNC(=O)c1ccnc(NC2CCC(O)CC2)n1.CNC(=O)c1ccnc(NC2CCC(OS(C)(=O)=O)CC2)n1.[HH]. The number of nitrogens with one attached hydrogen (secondary N) is 4.